The Hall–Kier alpha value is -3.35. The first kappa shape index (κ1) is 23.4. The van der Waals surface area contributed by atoms with Gasteiger partial charge >= 0.3 is 0 Å². The molecule has 0 spiro atoms. The zero-order valence-electron chi connectivity index (χ0n) is 20.1. The number of carbonyl (C=O) groups excluding carboxylic acids is 1. The number of hydrogen-bond donors (Lipinski definition) is 0. The minimum Gasteiger partial charge on any atom is -0.297 e. The second kappa shape index (κ2) is 10.5. The third-order valence-corrected chi connectivity index (χ3v) is 6.84. The molecule has 1 amide bonds. The largest absolute Gasteiger partial charge is 0.297 e. The zero-order chi connectivity index (χ0) is 24.2. The molecule has 1 unspecified atom stereocenters. The van der Waals surface area contributed by atoms with Gasteiger partial charge in [-0.1, -0.05) is 72.3 Å². The zero-order valence-corrected chi connectivity index (χ0v) is 20.1. The molecule has 0 aliphatic carbocycles. The van der Waals surface area contributed by atoms with Gasteiger partial charge in [-0.15, -0.1) is 0 Å². The number of benzene rings is 3. The Labute approximate surface area is 206 Å². The minimum absolute atomic E-state index is 0.0153. The maximum Gasteiger partial charge on any atom is 0.257 e. The van der Waals surface area contributed by atoms with E-state index in [0.717, 1.165) is 55.1 Å². The fourth-order valence-electron chi connectivity index (χ4n) is 4.89. The standard InChI is InChI=1S/C29H31FN4O/c1-22-6-5-9-25(18-22)27-19-28(24-10-12-26(30)13-11-24)34(31-27)29(35)21-33-16-14-32(15-17-33)20-23-7-3-2-4-8-23/h2-13,18,28H,14-17,19-21H2,1H3. The molecule has 2 aliphatic heterocycles. The van der Waals surface area contributed by atoms with E-state index in [-0.39, 0.29) is 17.8 Å². The van der Waals surface area contributed by atoms with Gasteiger partial charge in [-0.2, -0.15) is 5.10 Å². The summed E-state index contributed by atoms with van der Waals surface area (Å²) < 4.78 is 13.6. The number of hydrazone groups is 1. The highest BCUT2D eigenvalue weighted by molar-refractivity contribution is 6.03. The first-order chi connectivity index (χ1) is 17.0. The molecule has 2 heterocycles. The second-order valence-corrected chi connectivity index (χ2v) is 9.46. The predicted octanol–water partition coefficient (Wildman–Crippen LogP) is 4.63. The van der Waals surface area contributed by atoms with E-state index in [9.17, 15) is 9.18 Å². The van der Waals surface area contributed by atoms with Gasteiger partial charge in [-0.25, -0.2) is 9.40 Å². The van der Waals surface area contributed by atoms with E-state index in [1.54, 1.807) is 17.1 Å². The van der Waals surface area contributed by atoms with Gasteiger partial charge < -0.3 is 0 Å². The number of piperazine rings is 1. The van der Waals surface area contributed by atoms with Crippen LogP contribution in [0.25, 0.3) is 0 Å². The summed E-state index contributed by atoms with van der Waals surface area (Å²) in [6.07, 6.45) is 0.617. The van der Waals surface area contributed by atoms with Gasteiger partial charge in [0.1, 0.15) is 5.82 Å². The monoisotopic (exact) mass is 470 g/mol. The Morgan fingerprint density at radius 3 is 2.34 bits per heavy atom. The quantitative estimate of drug-likeness (QED) is 0.527. The van der Waals surface area contributed by atoms with Crippen molar-refractivity contribution in [2.24, 2.45) is 5.10 Å². The van der Waals surface area contributed by atoms with Crippen LogP contribution in [0.5, 0.6) is 0 Å². The maximum atomic E-state index is 13.6. The van der Waals surface area contributed by atoms with Gasteiger partial charge in [-0.05, 0) is 35.7 Å². The normalized spacial score (nSPS) is 19.1. The Balaban J connectivity index is 1.27. The molecule has 0 N–H and O–H groups in total. The van der Waals surface area contributed by atoms with Crippen molar-refractivity contribution in [1.82, 2.24) is 14.8 Å². The highest BCUT2D eigenvalue weighted by Gasteiger charge is 2.34. The molecular weight excluding hydrogens is 439 g/mol. The van der Waals surface area contributed by atoms with Crippen molar-refractivity contribution in [2.75, 3.05) is 32.7 Å². The van der Waals surface area contributed by atoms with Crippen molar-refractivity contribution in [1.29, 1.82) is 0 Å². The highest BCUT2D eigenvalue weighted by Crippen LogP contribution is 2.33. The molecule has 6 heteroatoms. The van der Waals surface area contributed by atoms with Crippen LogP contribution in [0.3, 0.4) is 0 Å². The van der Waals surface area contributed by atoms with Gasteiger partial charge in [0.25, 0.3) is 5.91 Å². The Kier molecular flexibility index (Phi) is 7.02. The smallest absolute Gasteiger partial charge is 0.257 e. The molecule has 0 radical (unpaired) electrons. The van der Waals surface area contributed by atoms with Crippen LogP contribution >= 0.6 is 0 Å². The third kappa shape index (κ3) is 5.66. The van der Waals surface area contributed by atoms with Crippen LogP contribution in [0, 0.1) is 12.7 Å². The van der Waals surface area contributed by atoms with Crippen LogP contribution < -0.4 is 0 Å². The summed E-state index contributed by atoms with van der Waals surface area (Å²) in [6, 6.07) is 24.9. The highest BCUT2D eigenvalue weighted by atomic mass is 19.1. The first-order valence-electron chi connectivity index (χ1n) is 12.3. The van der Waals surface area contributed by atoms with Crippen LogP contribution in [0.15, 0.2) is 84.0 Å². The molecule has 3 aromatic rings. The van der Waals surface area contributed by atoms with Crippen LogP contribution in [0.4, 0.5) is 4.39 Å². The lowest BCUT2D eigenvalue weighted by molar-refractivity contribution is -0.134. The van der Waals surface area contributed by atoms with Crippen LogP contribution in [0.1, 0.15) is 34.7 Å². The molecule has 35 heavy (non-hydrogen) atoms. The van der Waals surface area contributed by atoms with Crippen molar-refractivity contribution >= 4 is 11.6 Å². The van der Waals surface area contributed by atoms with Crippen molar-refractivity contribution in [2.45, 2.75) is 25.9 Å². The van der Waals surface area contributed by atoms with Crippen LogP contribution in [-0.4, -0.2) is 59.2 Å². The Morgan fingerprint density at radius 2 is 1.63 bits per heavy atom. The average Bonchev–Trinajstić information content (AvgIpc) is 3.32. The lowest BCUT2D eigenvalue weighted by atomic mass is 9.97. The molecule has 1 fully saturated rings. The summed E-state index contributed by atoms with van der Waals surface area (Å²) in [6.45, 7) is 6.89. The molecule has 5 nitrogen and oxygen atoms in total. The number of halogens is 1. The molecule has 180 valence electrons. The molecule has 3 aromatic carbocycles. The molecule has 0 bridgehead atoms. The topological polar surface area (TPSA) is 39.2 Å². The third-order valence-electron chi connectivity index (χ3n) is 6.84. The number of hydrogen-bond acceptors (Lipinski definition) is 4. The molecule has 5 rings (SSSR count). The first-order valence-corrected chi connectivity index (χ1v) is 12.3. The molecule has 0 aromatic heterocycles. The molecule has 1 saturated heterocycles. The number of carbonyl (C=O) groups is 1. The molecular formula is C29H31FN4O. The van der Waals surface area contributed by atoms with E-state index in [4.69, 9.17) is 5.10 Å². The van der Waals surface area contributed by atoms with E-state index in [1.807, 2.05) is 18.2 Å². The summed E-state index contributed by atoms with van der Waals surface area (Å²) in [4.78, 5) is 18.1. The lowest BCUT2D eigenvalue weighted by Crippen LogP contribution is -2.49. The average molecular weight is 471 g/mol. The van der Waals surface area contributed by atoms with Gasteiger partial charge in [0.2, 0.25) is 0 Å². The fourth-order valence-corrected chi connectivity index (χ4v) is 4.89. The second-order valence-electron chi connectivity index (χ2n) is 9.46. The van der Waals surface area contributed by atoms with Crippen LogP contribution in [-0.2, 0) is 11.3 Å². The summed E-state index contributed by atoms with van der Waals surface area (Å²) >= 11 is 0. The molecule has 1 atom stereocenters. The predicted molar refractivity (Wildman–Crippen MR) is 136 cm³/mol. The van der Waals surface area contributed by atoms with Gasteiger partial charge in [0, 0.05) is 39.1 Å². The maximum absolute atomic E-state index is 13.6. The molecule has 2 aliphatic rings. The summed E-state index contributed by atoms with van der Waals surface area (Å²) in [5.74, 6) is -0.295. The van der Waals surface area contributed by atoms with E-state index in [1.165, 1.54) is 17.7 Å². The van der Waals surface area contributed by atoms with E-state index >= 15 is 0 Å². The fraction of sp³-hybridized carbons (Fsp3) is 0.310. The summed E-state index contributed by atoms with van der Waals surface area (Å²) in [5.41, 5.74) is 5.29. The van der Waals surface area contributed by atoms with E-state index in [0.29, 0.717) is 13.0 Å². The lowest BCUT2D eigenvalue weighted by Gasteiger charge is -2.35. The van der Waals surface area contributed by atoms with Crippen molar-refractivity contribution in [3.05, 3.63) is 107 Å². The SMILES string of the molecule is Cc1cccc(C2=NN(C(=O)CN3CCN(Cc4ccccc4)CC3)C(c3ccc(F)cc3)C2)c1. The Morgan fingerprint density at radius 1 is 0.914 bits per heavy atom. The van der Waals surface area contributed by atoms with E-state index in [2.05, 4.69) is 53.1 Å². The number of amides is 1. The van der Waals surface area contributed by atoms with Crippen molar-refractivity contribution in [3.8, 4) is 0 Å². The van der Waals surface area contributed by atoms with Gasteiger partial charge in [-0.3, -0.25) is 14.6 Å². The molecule has 0 saturated carbocycles. The Bertz CT molecular complexity index is 1190. The van der Waals surface area contributed by atoms with E-state index < -0.39 is 0 Å². The number of nitrogens with zero attached hydrogens (tertiary/aromatic N) is 4. The summed E-state index contributed by atoms with van der Waals surface area (Å²) in [7, 11) is 0. The van der Waals surface area contributed by atoms with Crippen LogP contribution in [0.2, 0.25) is 0 Å². The van der Waals surface area contributed by atoms with Crippen molar-refractivity contribution in [3.63, 3.8) is 0 Å². The minimum atomic E-state index is -0.280. The number of rotatable bonds is 6. The number of aryl methyl sites for hydroxylation is 1. The summed E-state index contributed by atoms with van der Waals surface area (Å²) in [5, 5.41) is 6.41. The van der Waals surface area contributed by atoms with Gasteiger partial charge in [0.05, 0.1) is 18.3 Å². The van der Waals surface area contributed by atoms with Crippen molar-refractivity contribution < 1.29 is 9.18 Å². The van der Waals surface area contributed by atoms with Gasteiger partial charge in [0.15, 0.2) is 0 Å².